The number of aromatic nitrogens is 1. The molecular formula is C15H24N2O. The lowest BCUT2D eigenvalue weighted by Gasteiger charge is -2.36. The highest BCUT2D eigenvalue weighted by Crippen LogP contribution is 2.35. The molecule has 18 heavy (non-hydrogen) atoms. The Labute approximate surface area is 110 Å². The van der Waals surface area contributed by atoms with Crippen molar-refractivity contribution in [3.63, 3.8) is 0 Å². The van der Waals surface area contributed by atoms with Gasteiger partial charge in [-0.3, -0.25) is 4.98 Å². The van der Waals surface area contributed by atoms with Gasteiger partial charge in [-0.15, -0.1) is 0 Å². The molecule has 3 nitrogen and oxygen atoms in total. The zero-order chi connectivity index (χ0) is 12.8. The van der Waals surface area contributed by atoms with E-state index >= 15 is 0 Å². The molecule has 1 atom stereocenters. The molecule has 0 amide bonds. The first-order chi connectivity index (χ1) is 8.76. The maximum absolute atomic E-state index is 9.67. The highest BCUT2D eigenvalue weighted by molar-refractivity contribution is 5.07. The van der Waals surface area contributed by atoms with E-state index < -0.39 is 0 Å². The molecule has 1 unspecified atom stereocenters. The van der Waals surface area contributed by atoms with E-state index in [-0.39, 0.29) is 11.5 Å². The number of aliphatic hydroxyl groups excluding tert-OH is 1. The second kappa shape index (κ2) is 6.30. The SMILES string of the molecule is CC(NCC1(CO)CCCCC1)c1ccccn1. The lowest BCUT2D eigenvalue weighted by Crippen LogP contribution is -2.40. The van der Waals surface area contributed by atoms with Gasteiger partial charge in [-0.2, -0.15) is 0 Å². The Morgan fingerprint density at radius 1 is 1.33 bits per heavy atom. The third-order valence-electron chi connectivity index (χ3n) is 4.16. The standard InChI is InChI=1S/C15H24N2O/c1-13(14-7-3-6-10-16-14)17-11-15(12-18)8-4-2-5-9-15/h3,6-7,10,13,17-18H,2,4-5,8-9,11-12H2,1H3. The minimum Gasteiger partial charge on any atom is -0.396 e. The van der Waals surface area contributed by atoms with Gasteiger partial charge in [0, 0.05) is 30.8 Å². The number of nitrogens with zero attached hydrogens (tertiary/aromatic N) is 1. The fourth-order valence-electron chi connectivity index (χ4n) is 2.80. The Hall–Kier alpha value is -0.930. The van der Waals surface area contributed by atoms with Crippen molar-refractivity contribution in [1.82, 2.24) is 10.3 Å². The maximum Gasteiger partial charge on any atom is 0.0570 e. The zero-order valence-corrected chi connectivity index (χ0v) is 11.2. The van der Waals surface area contributed by atoms with Crippen LogP contribution in [0.15, 0.2) is 24.4 Å². The number of pyridine rings is 1. The Balaban J connectivity index is 1.90. The zero-order valence-electron chi connectivity index (χ0n) is 11.2. The van der Waals surface area contributed by atoms with Crippen LogP contribution >= 0.6 is 0 Å². The molecule has 0 aliphatic heterocycles. The molecule has 0 spiro atoms. The molecule has 0 saturated heterocycles. The molecule has 3 heteroatoms. The van der Waals surface area contributed by atoms with Crippen molar-refractivity contribution in [2.45, 2.75) is 45.1 Å². The molecule has 1 aliphatic carbocycles. The van der Waals surface area contributed by atoms with E-state index in [4.69, 9.17) is 0 Å². The van der Waals surface area contributed by atoms with Crippen LogP contribution in [-0.2, 0) is 0 Å². The Bertz CT molecular complexity index is 347. The van der Waals surface area contributed by atoms with Crippen molar-refractivity contribution >= 4 is 0 Å². The number of aliphatic hydroxyl groups is 1. The van der Waals surface area contributed by atoms with Crippen LogP contribution in [0.5, 0.6) is 0 Å². The van der Waals surface area contributed by atoms with E-state index in [0.29, 0.717) is 6.61 Å². The van der Waals surface area contributed by atoms with Crippen molar-refractivity contribution in [1.29, 1.82) is 0 Å². The van der Waals surface area contributed by atoms with Gasteiger partial charge >= 0.3 is 0 Å². The lowest BCUT2D eigenvalue weighted by atomic mass is 9.74. The number of hydrogen-bond acceptors (Lipinski definition) is 3. The van der Waals surface area contributed by atoms with E-state index in [2.05, 4.69) is 17.2 Å². The topological polar surface area (TPSA) is 45.1 Å². The Morgan fingerprint density at radius 3 is 2.72 bits per heavy atom. The summed E-state index contributed by atoms with van der Waals surface area (Å²) < 4.78 is 0. The monoisotopic (exact) mass is 248 g/mol. The van der Waals surface area contributed by atoms with Gasteiger partial charge in [0.2, 0.25) is 0 Å². The van der Waals surface area contributed by atoms with Gasteiger partial charge in [-0.05, 0) is 31.9 Å². The Kier molecular flexibility index (Phi) is 4.72. The molecular weight excluding hydrogens is 224 g/mol. The predicted molar refractivity (Wildman–Crippen MR) is 73.3 cm³/mol. The molecule has 1 aliphatic rings. The first kappa shape index (κ1) is 13.5. The van der Waals surface area contributed by atoms with Gasteiger partial charge in [0.1, 0.15) is 0 Å². The minimum atomic E-state index is 0.0985. The van der Waals surface area contributed by atoms with Gasteiger partial charge in [0.15, 0.2) is 0 Å². The molecule has 0 bridgehead atoms. The van der Waals surface area contributed by atoms with E-state index in [0.717, 1.165) is 25.1 Å². The van der Waals surface area contributed by atoms with Gasteiger partial charge in [0.25, 0.3) is 0 Å². The van der Waals surface area contributed by atoms with E-state index in [1.165, 1.54) is 19.3 Å². The molecule has 0 aromatic carbocycles. The van der Waals surface area contributed by atoms with Crippen LogP contribution in [0.2, 0.25) is 0 Å². The van der Waals surface area contributed by atoms with Gasteiger partial charge in [-0.25, -0.2) is 0 Å². The quantitative estimate of drug-likeness (QED) is 0.842. The minimum absolute atomic E-state index is 0.0985. The average Bonchev–Trinajstić information content (AvgIpc) is 2.47. The van der Waals surface area contributed by atoms with Gasteiger partial charge in [0.05, 0.1) is 5.69 Å². The van der Waals surface area contributed by atoms with Crippen LogP contribution in [0.1, 0.15) is 50.8 Å². The molecule has 2 rings (SSSR count). The highest BCUT2D eigenvalue weighted by Gasteiger charge is 2.31. The summed E-state index contributed by atoms with van der Waals surface area (Å²) in [5.41, 5.74) is 1.17. The summed E-state index contributed by atoms with van der Waals surface area (Å²) in [6.07, 6.45) is 7.94. The van der Waals surface area contributed by atoms with Crippen molar-refractivity contribution in [3.8, 4) is 0 Å². The van der Waals surface area contributed by atoms with Crippen molar-refractivity contribution in [2.24, 2.45) is 5.41 Å². The maximum atomic E-state index is 9.67. The van der Waals surface area contributed by atoms with Crippen molar-refractivity contribution < 1.29 is 5.11 Å². The molecule has 1 aromatic heterocycles. The van der Waals surface area contributed by atoms with Crippen molar-refractivity contribution in [2.75, 3.05) is 13.2 Å². The average molecular weight is 248 g/mol. The first-order valence-corrected chi connectivity index (χ1v) is 7.01. The van der Waals surface area contributed by atoms with Crippen LogP contribution < -0.4 is 5.32 Å². The predicted octanol–water partition coefficient (Wildman–Crippen LogP) is 2.68. The van der Waals surface area contributed by atoms with Gasteiger partial charge in [-0.1, -0.05) is 25.3 Å². The van der Waals surface area contributed by atoms with Crippen molar-refractivity contribution in [3.05, 3.63) is 30.1 Å². The number of rotatable bonds is 5. The molecule has 100 valence electrons. The van der Waals surface area contributed by atoms with Crippen LogP contribution in [0.3, 0.4) is 0 Å². The number of nitrogens with one attached hydrogen (secondary N) is 1. The highest BCUT2D eigenvalue weighted by atomic mass is 16.3. The smallest absolute Gasteiger partial charge is 0.0570 e. The van der Waals surface area contributed by atoms with Crippen LogP contribution in [0.4, 0.5) is 0 Å². The largest absolute Gasteiger partial charge is 0.396 e. The molecule has 0 radical (unpaired) electrons. The normalized spacial score (nSPS) is 20.6. The first-order valence-electron chi connectivity index (χ1n) is 7.01. The fourth-order valence-corrected chi connectivity index (χ4v) is 2.80. The molecule has 1 aromatic rings. The summed E-state index contributed by atoms with van der Waals surface area (Å²) in [6, 6.07) is 6.25. The molecule has 2 N–H and O–H groups in total. The fraction of sp³-hybridized carbons (Fsp3) is 0.667. The second-order valence-corrected chi connectivity index (χ2v) is 5.58. The molecule has 1 saturated carbocycles. The van der Waals surface area contributed by atoms with Crippen LogP contribution in [-0.4, -0.2) is 23.2 Å². The van der Waals surface area contributed by atoms with Crippen LogP contribution in [0, 0.1) is 5.41 Å². The number of hydrogen-bond donors (Lipinski definition) is 2. The van der Waals surface area contributed by atoms with E-state index in [1.54, 1.807) is 0 Å². The molecule has 1 fully saturated rings. The van der Waals surface area contributed by atoms with Gasteiger partial charge < -0.3 is 10.4 Å². The molecule has 1 heterocycles. The summed E-state index contributed by atoms with van der Waals surface area (Å²) in [5, 5.41) is 13.2. The summed E-state index contributed by atoms with van der Waals surface area (Å²) in [7, 11) is 0. The van der Waals surface area contributed by atoms with E-state index in [1.807, 2.05) is 24.4 Å². The summed E-state index contributed by atoms with van der Waals surface area (Å²) in [5.74, 6) is 0. The summed E-state index contributed by atoms with van der Waals surface area (Å²) >= 11 is 0. The lowest BCUT2D eigenvalue weighted by molar-refractivity contribution is 0.0787. The summed E-state index contributed by atoms with van der Waals surface area (Å²) in [6.45, 7) is 3.33. The summed E-state index contributed by atoms with van der Waals surface area (Å²) in [4.78, 5) is 4.37. The van der Waals surface area contributed by atoms with Crippen LogP contribution in [0.25, 0.3) is 0 Å². The van der Waals surface area contributed by atoms with E-state index in [9.17, 15) is 5.11 Å². The third kappa shape index (κ3) is 3.30. The third-order valence-corrected chi connectivity index (χ3v) is 4.16. The Morgan fingerprint density at radius 2 is 2.11 bits per heavy atom. The second-order valence-electron chi connectivity index (χ2n) is 5.58.